The smallest absolute Gasteiger partial charge is 0.261 e. The predicted octanol–water partition coefficient (Wildman–Crippen LogP) is 2.45. The molecule has 0 radical (unpaired) electrons. The number of benzene rings is 2. The first-order valence-corrected chi connectivity index (χ1v) is 7.05. The molecule has 0 saturated heterocycles. The molecule has 0 aromatic heterocycles. The van der Waals surface area contributed by atoms with Gasteiger partial charge in [-0.25, -0.2) is 0 Å². The van der Waals surface area contributed by atoms with Gasteiger partial charge < -0.3 is 5.32 Å². The summed E-state index contributed by atoms with van der Waals surface area (Å²) in [5.41, 5.74) is 4.38. The predicted molar refractivity (Wildman–Crippen MR) is 79.3 cm³/mol. The number of imide groups is 1. The molecule has 21 heavy (non-hydrogen) atoms. The van der Waals surface area contributed by atoms with Crippen LogP contribution in [0.4, 0.5) is 5.69 Å². The Morgan fingerprint density at radius 1 is 1.00 bits per heavy atom. The molecule has 0 fully saturated rings. The number of rotatable bonds is 2. The molecule has 2 aliphatic rings. The van der Waals surface area contributed by atoms with Gasteiger partial charge in [0.15, 0.2) is 0 Å². The van der Waals surface area contributed by atoms with Crippen LogP contribution in [0, 0.1) is 0 Å². The monoisotopic (exact) mass is 278 g/mol. The van der Waals surface area contributed by atoms with E-state index in [1.807, 2.05) is 12.1 Å². The summed E-state index contributed by atoms with van der Waals surface area (Å²) in [6.45, 7) is 1.27. The first-order chi connectivity index (χ1) is 10.2. The van der Waals surface area contributed by atoms with E-state index < -0.39 is 0 Å². The summed E-state index contributed by atoms with van der Waals surface area (Å²) < 4.78 is 0. The largest absolute Gasteiger partial charge is 0.384 e. The van der Waals surface area contributed by atoms with Crippen molar-refractivity contribution in [3.8, 4) is 0 Å². The molecule has 2 aromatic rings. The highest BCUT2D eigenvalue weighted by molar-refractivity contribution is 6.21. The van der Waals surface area contributed by atoms with Crippen molar-refractivity contribution < 1.29 is 9.59 Å². The van der Waals surface area contributed by atoms with Gasteiger partial charge in [-0.05, 0) is 35.7 Å². The van der Waals surface area contributed by atoms with Crippen molar-refractivity contribution in [2.45, 2.75) is 13.0 Å². The van der Waals surface area contributed by atoms with Gasteiger partial charge in [-0.3, -0.25) is 14.5 Å². The topological polar surface area (TPSA) is 49.4 Å². The normalized spacial score (nSPS) is 15.9. The van der Waals surface area contributed by atoms with Crippen molar-refractivity contribution in [3.05, 3.63) is 64.7 Å². The number of hydrogen-bond donors (Lipinski definition) is 1. The lowest BCUT2D eigenvalue weighted by Crippen LogP contribution is -2.29. The third-order valence-electron chi connectivity index (χ3n) is 4.10. The van der Waals surface area contributed by atoms with E-state index in [4.69, 9.17) is 0 Å². The summed E-state index contributed by atoms with van der Waals surface area (Å²) in [5, 5.41) is 3.32. The van der Waals surface area contributed by atoms with Crippen LogP contribution in [-0.2, 0) is 13.0 Å². The zero-order valence-electron chi connectivity index (χ0n) is 11.4. The first kappa shape index (κ1) is 12.1. The van der Waals surface area contributed by atoms with Crippen LogP contribution in [0.1, 0.15) is 31.8 Å². The molecular formula is C17H14N2O2. The van der Waals surface area contributed by atoms with Crippen molar-refractivity contribution in [1.29, 1.82) is 0 Å². The Kier molecular flexibility index (Phi) is 2.57. The standard InChI is InChI=1S/C17H14N2O2/c20-16-13-3-1-2-4-14(13)17(21)19(16)10-11-5-6-12-7-8-18-15(12)9-11/h1-6,9,18H,7-8,10H2. The SMILES string of the molecule is O=C1c2ccccc2C(=O)N1Cc1ccc2c(c1)NCC2. The third-order valence-corrected chi connectivity index (χ3v) is 4.10. The van der Waals surface area contributed by atoms with Crippen LogP contribution < -0.4 is 5.32 Å². The maximum atomic E-state index is 12.3. The lowest BCUT2D eigenvalue weighted by Gasteiger charge is -2.14. The number of carbonyl (C=O) groups is 2. The molecule has 0 unspecified atom stereocenters. The second-order valence-corrected chi connectivity index (χ2v) is 5.41. The van der Waals surface area contributed by atoms with Gasteiger partial charge in [0, 0.05) is 12.2 Å². The molecule has 2 aliphatic heterocycles. The van der Waals surface area contributed by atoms with Gasteiger partial charge in [-0.15, -0.1) is 0 Å². The Morgan fingerprint density at radius 2 is 1.71 bits per heavy atom. The number of carbonyl (C=O) groups excluding carboxylic acids is 2. The number of nitrogens with one attached hydrogen (secondary N) is 1. The maximum Gasteiger partial charge on any atom is 0.261 e. The van der Waals surface area contributed by atoms with Crippen molar-refractivity contribution in [2.24, 2.45) is 0 Å². The van der Waals surface area contributed by atoms with Gasteiger partial charge >= 0.3 is 0 Å². The number of hydrogen-bond acceptors (Lipinski definition) is 3. The van der Waals surface area contributed by atoms with Gasteiger partial charge in [-0.2, -0.15) is 0 Å². The van der Waals surface area contributed by atoms with Crippen molar-refractivity contribution in [1.82, 2.24) is 4.90 Å². The van der Waals surface area contributed by atoms with Crippen LogP contribution in [0.5, 0.6) is 0 Å². The van der Waals surface area contributed by atoms with E-state index in [-0.39, 0.29) is 11.8 Å². The number of anilines is 1. The molecule has 0 saturated carbocycles. The van der Waals surface area contributed by atoms with Crippen LogP contribution in [-0.4, -0.2) is 23.3 Å². The zero-order valence-corrected chi connectivity index (χ0v) is 11.4. The van der Waals surface area contributed by atoms with E-state index >= 15 is 0 Å². The Balaban J connectivity index is 1.64. The first-order valence-electron chi connectivity index (χ1n) is 7.05. The van der Waals surface area contributed by atoms with Gasteiger partial charge in [0.1, 0.15) is 0 Å². The molecule has 2 aromatic carbocycles. The fraction of sp³-hybridized carbons (Fsp3) is 0.176. The summed E-state index contributed by atoms with van der Waals surface area (Å²) in [6, 6.07) is 13.1. The number of fused-ring (bicyclic) bond motifs is 2. The van der Waals surface area contributed by atoms with Gasteiger partial charge in [-0.1, -0.05) is 24.3 Å². The van der Waals surface area contributed by atoms with E-state index in [2.05, 4.69) is 11.4 Å². The van der Waals surface area contributed by atoms with Crippen molar-refractivity contribution in [3.63, 3.8) is 0 Å². The molecule has 2 amide bonds. The molecule has 0 bridgehead atoms. The Hall–Kier alpha value is -2.62. The lowest BCUT2D eigenvalue weighted by molar-refractivity contribution is 0.0642. The van der Waals surface area contributed by atoms with Crippen LogP contribution in [0.2, 0.25) is 0 Å². The van der Waals surface area contributed by atoms with E-state index in [9.17, 15) is 9.59 Å². The second-order valence-electron chi connectivity index (χ2n) is 5.41. The van der Waals surface area contributed by atoms with E-state index in [1.165, 1.54) is 10.5 Å². The lowest BCUT2D eigenvalue weighted by atomic mass is 10.1. The summed E-state index contributed by atoms with van der Waals surface area (Å²) >= 11 is 0. The molecule has 4 heteroatoms. The molecule has 0 atom stereocenters. The van der Waals surface area contributed by atoms with E-state index in [1.54, 1.807) is 24.3 Å². The minimum atomic E-state index is -0.205. The van der Waals surface area contributed by atoms with E-state index in [0.29, 0.717) is 17.7 Å². The Bertz CT molecular complexity index is 732. The minimum absolute atomic E-state index is 0.205. The van der Waals surface area contributed by atoms with Gasteiger partial charge in [0.05, 0.1) is 17.7 Å². The zero-order chi connectivity index (χ0) is 14.4. The highest BCUT2D eigenvalue weighted by Crippen LogP contribution is 2.27. The van der Waals surface area contributed by atoms with Crippen LogP contribution in [0.15, 0.2) is 42.5 Å². The summed E-state index contributed by atoms with van der Waals surface area (Å²) in [4.78, 5) is 26.0. The maximum absolute atomic E-state index is 12.3. The average Bonchev–Trinajstić information content (AvgIpc) is 3.06. The molecule has 4 nitrogen and oxygen atoms in total. The average molecular weight is 278 g/mol. The van der Waals surface area contributed by atoms with Gasteiger partial charge in [0.2, 0.25) is 0 Å². The fourth-order valence-electron chi connectivity index (χ4n) is 3.00. The molecule has 0 aliphatic carbocycles. The van der Waals surface area contributed by atoms with Gasteiger partial charge in [0.25, 0.3) is 11.8 Å². The Labute approximate surface area is 122 Å². The van der Waals surface area contributed by atoms with Crippen LogP contribution >= 0.6 is 0 Å². The van der Waals surface area contributed by atoms with Crippen molar-refractivity contribution in [2.75, 3.05) is 11.9 Å². The molecule has 104 valence electrons. The highest BCUT2D eigenvalue weighted by atomic mass is 16.2. The fourth-order valence-corrected chi connectivity index (χ4v) is 3.00. The summed E-state index contributed by atoms with van der Waals surface area (Å²) in [5.74, 6) is -0.409. The molecule has 2 heterocycles. The highest BCUT2D eigenvalue weighted by Gasteiger charge is 2.35. The number of nitrogens with zero attached hydrogens (tertiary/aromatic N) is 1. The van der Waals surface area contributed by atoms with E-state index in [0.717, 1.165) is 24.2 Å². The molecular weight excluding hydrogens is 264 g/mol. The summed E-state index contributed by atoms with van der Waals surface area (Å²) in [6.07, 6.45) is 1.03. The molecule has 4 rings (SSSR count). The van der Waals surface area contributed by atoms with Crippen molar-refractivity contribution >= 4 is 17.5 Å². The number of amides is 2. The quantitative estimate of drug-likeness (QED) is 0.858. The Morgan fingerprint density at radius 3 is 2.43 bits per heavy atom. The minimum Gasteiger partial charge on any atom is -0.384 e. The molecule has 0 spiro atoms. The second kappa shape index (κ2) is 4.45. The van der Waals surface area contributed by atoms with Crippen LogP contribution in [0.3, 0.4) is 0 Å². The van der Waals surface area contributed by atoms with Crippen LogP contribution in [0.25, 0.3) is 0 Å². The molecule has 1 N–H and O–H groups in total. The summed E-state index contributed by atoms with van der Waals surface area (Å²) in [7, 11) is 0. The third kappa shape index (κ3) is 1.83.